The van der Waals surface area contributed by atoms with Crippen molar-refractivity contribution in [3.8, 4) is 11.5 Å². The first kappa shape index (κ1) is 17.8. The van der Waals surface area contributed by atoms with Gasteiger partial charge in [0.1, 0.15) is 0 Å². The van der Waals surface area contributed by atoms with Crippen LogP contribution in [0.25, 0.3) is 0 Å². The van der Waals surface area contributed by atoms with E-state index in [4.69, 9.17) is 14.2 Å². The summed E-state index contributed by atoms with van der Waals surface area (Å²) < 4.78 is 18.7. The number of rotatable bonds is 8. The van der Waals surface area contributed by atoms with Gasteiger partial charge in [-0.25, -0.2) is 0 Å². The predicted molar refractivity (Wildman–Crippen MR) is 95.8 cm³/mol. The first-order chi connectivity index (χ1) is 12.2. The van der Waals surface area contributed by atoms with E-state index in [1.54, 1.807) is 14.2 Å². The van der Waals surface area contributed by atoms with Crippen molar-refractivity contribution in [3.63, 3.8) is 0 Å². The summed E-state index contributed by atoms with van der Waals surface area (Å²) in [5.74, 6) is 1.56. The second-order valence-electron chi connectivity index (χ2n) is 6.48. The van der Waals surface area contributed by atoms with Crippen LogP contribution in [0.3, 0.4) is 0 Å². The maximum Gasteiger partial charge on any atom is 0.165 e. The van der Waals surface area contributed by atoms with Crippen molar-refractivity contribution in [2.24, 2.45) is 7.05 Å². The summed E-state index contributed by atoms with van der Waals surface area (Å²) in [7, 11) is 5.30. The fourth-order valence-corrected chi connectivity index (χ4v) is 3.39. The maximum absolute atomic E-state index is 5.85. The third kappa shape index (κ3) is 4.52. The monoisotopic (exact) mass is 345 g/mol. The van der Waals surface area contributed by atoms with Gasteiger partial charge in [-0.05, 0) is 18.9 Å². The third-order valence-electron chi connectivity index (χ3n) is 4.53. The summed E-state index contributed by atoms with van der Waals surface area (Å²) >= 11 is 0. The molecule has 0 spiro atoms. The number of aromatic nitrogens is 2. The van der Waals surface area contributed by atoms with E-state index in [-0.39, 0.29) is 0 Å². The van der Waals surface area contributed by atoms with E-state index in [2.05, 4.69) is 22.3 Å². The number of hydrogen-bond donors (Lipinski definition) is 0. The quantitative estimate of drug-likeness (QED) is 0.736. The van der Waals surface area contributed by atoms with E-state index >= 15 is 0 Å². The van der Waals surface area contributed by atoms with Crippen LogP contribution < -0.4 is 9.47 Å². The number of ether oxygens (including phenoxy) is 3. The molecule has 6 nitrogen and oxygen atoms in total. The molecule has 25 heavy (non-hydrogen) atoms. The van der Waals surface area contributed by atoms with Gasteiger partial charge in [0, 0.05) is 50.6 Å². The van der Waals surface area contributed by atoms with E-state index in [0.717, 1.165) is 56.1 Å². The molecule has 0 saturated carbocycles. The highest BCUT2D eigenvalue weighted by atomic mass is 16.5. The Morgan fingerprint density at radius 2 is 2.16 bits per heavy atom. The standard InChI is InChI=1S/C19H27N3O3/c1-21-11-15(10-20-21)12-22(14-17-7-5-9-25-17)13-16-6-4-8-18(23-2)19(16)24-3/h4,6,8,10-11,17H,5,7,9,12-14H2,1-3H3/t17-/m1/s1. The molecule has 0 unspecified atom stereocenters. The van der Waals surface area contributed by atoms with Crippen LogP contribution in [-0.2, 0) is 24.9 Å². The summed E-state index contributed by atoms with van der Waals surface area (Å²) in [6.07, 6.45) is 6.55. The molecular weight excluding hydrogens is 318 g/mol. The molecule has 1 fully saturated rings. The zero-order valence-corrected chi connectivity index (χ0v) is 15.3. The fourth-order valence-electron chi connectivity index (χ4n) is 3.39. The minimum absolute atomic E-state index is 0.299. The number of benzene rings is 1. The van der Waals surface area contributed by atoms with Gasteiger partial charge in [0.25, 0.3) is 0 Å². The minimum atomic E-state index is 0.299. The van der Waals surface area contributed by atoms with Crippen molar-refractivity contribution < 1.29 is 14.2 Å². The lowest BCUT2D eigenvalue weighted by atomic mass is 10.1. The maximum atomic E-state index is 5.85. The molecule has 136 valence electrons. The fraction of sp³-hybridized carbons (Fsp3) is 0.526. The van der Waals surface area contributed by atoms with Crippen molar-refractivity contribution in [3.05, 3.63) is 41.7 Å². The van der Waals surface area contributed by atoms with Crippen LogP contribution in [0, 0.1) is 0 Å². The highest BCUT2D eigenvalue weighted by Crippen LogP contribution is 2.32. The molecule has 0 amide bonds. The van der Waals surface area contributed by atoms with E-state index < -0.39 is 0 Å². The predicted octanol–water partition coefficient (Wildman–Crippen LogP) is 2.62. The number of nitrogens with zero attached hydrogens (tertiary/aromatic N) is 3. The van der Waals surface area contributed by atoms with Gasteiger partial charge in [0.15, 0.2) is 11.5 Å². The van der Waals surface area contributed by atoms with Crippen LogP contribution in [0.4, 0.5) is 0 Å². The molecule has 1 aliphatic rings. The molecule has 2 heterocycles. The molecule has 1 aliphatic heterocycles. The lowest BCUT2D eigenvalue weighted by Gasteiger charge is -2.26. The average Bonchev–Trinajstić information content (AvgIpc) is 3.26. The lowest BCUT2D eigenvalue weighted by molar-refractivity contribution is 0.0676. The molecule has 0 N–H and O–H groups in total. The summed E-state index contributed by atoms with van der Waals surface area (Å²) in [4.78, 5) is 2.39. The second kappa shape index (κ2) is 8.36. The molecule has 1 aromatic carbocycles. The first-order valence-corrected chi connectivity index (χ1v) is 8.71. The molecule has 0 aliphatic carbocycles. The molecule has 1 aromatic heterocycles. The lowest BCUT2D eigenvalue weighted by Crippen LogP contribution is -2.31. The van der Waals surface area contributed by atoms with Crippen LogP contribution in [0.2, 0.25) is 0 Å². The van der Waals surface area contributed by atoms with Crippen molar-refractivity contribution in [1.29, 1.82) is 0 Å². The van der Waals surface area contributed by atoms with Crippen molar-refractivity contribution in [2.75, 3.05) is 27.4 Å². The van der Waals surface area contributed by atoms with Crippen LogP contribution in [-0.4, -0.2) is 48.2 Å². The zero-order chi connectivity index (χ0) is 17.6. The number of aryl methyl sites for hydroxylation is 1. The van der Waals surface area contributed by atoms with Crippen molar-refractivity contribution in [1.82, 2.24) is 14.7 Å². The van der Waals surface area contributed by atoms with E-state index in [9.17, 15) is 0 Å². The number of para-hydroxylation sites is 1. The minimum Gasteiger partial charge on any atom is -0.493 e. The normalized spacial score (nSPS) is 17.2. The third-order valence-corrected chi connectivity index (χ3v) is 4.53. The second-order valence-corrected chi connectivity index (χ2v) is 6.48. The van der Waals surface area contributed by atoms with Crippen LogP contribution in [0.15, 0.2) is 30.6 Å². The Morgan fingerprint density at radius 3 is 2.80 bits per heavy atom. The topological polar surface area (TPSA) is 48.8 Å². The summed E-state index contributed by atoms with van der Waals surface area (Å²) in [6, 6.07) is 6.02. The van der Waals surface area contributed by atoms with Gasteiger partial charge in [0.2, 0.25) is 0 Å². The van der Waals surface area contributed by atoms with Gasteiger partial charge in [-0.2, -0.15) is 5.10 Å². The van der Waals surface area contributed by atoms with Crippen LogP contribution in [0.1, 0.15) is 24.0 Å². The Bertz CT molecular complexity index is 680. The summed E-state index contributed by atoms with van der Waals surface area (Å²) in [5, 5.41) is 4.28. The Balaban J connectivity index is 1.78. The van der Waals surface area contributed by atoms with Gasteiger partial charge in [-0.1, -0.05) is 12.1 Å². The van der Waals surface area contributed by atoms with Gasteiger partial charge in [-0.3, -0.25) is 9.58 Å². The average molecular weight is 345 g/mol. The summed E-state index contributed by atoms with van der Waals surface area (Å²) in [6.45, 7) is 3.37. The summed E-state index contributed by atoms with van der Waals surface area (Å²) in [5.41, 5.74) is 2.31. The van der Waals surface area contributed by atoms with E-state index in [0.29, 0.717) is 6.10 Å². The van der Waals surface area contributed by atoms with Gasteiger partial charge < -0.3 is 14.2 Å². The Morgan fingerprint density at radius 1 is 1.28 bits per heavy atom. The SMILES string of the molecule is COc1cccc(CN(Cc2cnn(C)c2)C[C@H]2CCCO2)c1OC. The van der Waals surface area contributed by atoms with Gasteiger partial charge >= 0.3 is 0 Å². The Hall–Kier alpha value is -2.05. The largest absolute Gasteiger partial charge is 0.493 e. The Labute approximate surface area is 149 Å². The molecule has 3 rings (SSSR count). The van der Waals surface area contributed by atoms with Gasteiger partial charge in [-0.15, -0.1) is 0 Å². The highest BCUT2D eigenvalue weighted by Gasteiger charge is 2.21. The highest BCUT2D eigenvalue weighted by molar-refractivity contribution is 5.46. The molecule has 6 heteroatoms. The van der Waals surface area contributed by atoms with Gasteiger partial charge in [0.05, 0.1) is 26.5 Å². The van der Waals surface area contributed by atoms with E-state index in [1.165, 1.54) is 5.56 Å². The molecule has 1 atom stereocenters. The van der Waals surface area contributed by atoms with Crippen molar-refractivity contribution in [2.45, 2.75) is 32.0 Å². The number of hydrogen-bond acceptors (Lipinski definition) is 5. The zero-order valence-electron chi connectivity index (χ0n) is 15.3. The van der Waals surface area contributed by atoms with Crippen molar-refractivity contribution >= 4 is 0 Å². The molecular formula is C19H27N3O3. The smallest absolute Gasteiger partial charge is 0.165 e. The van der Waals surface area contributed by atoms with E-state index in [1.807, 2.05) is 30.1 Å². The first-order valence-electron chi connectivity index (χ1n) is 8.71. The molecule has 1 saturated heterocycles. The molecule has 0 bridgehead atoms. The number of methoxy groups -OCH3 is 2. The van der Waals surface area contributed by atoms with Crippen LogP contribution in [0.5, 0.6) is 11.5 Å². The molecule has 0 radical (unpaired) electrons. The Kier molecular flexibility index (Phi) is 5.94. The molecule has 2 aromatic rings. The van der Waals surface area contributed by atoms with Crippen LogP contribution >= 0.6 is 0 Å².